The monoisotopic (exact) mass is 275 g/mol. The van der Waals surface area contributed by atoms with E-state index in [1.807, 2.05) is 0 Å². The minimum Gasteiger partial charge on any atom is -0.462 e. The van der Waals surface area contributed by atoms with Crippen molar-refractivity contribution in [3.8, 4) is 0 Å². The molecule has 0 atom stereocenters. The summed E-state index contributed by atoms with van der Waals surface area (Å²) in [7, 11) is 1.64. The van der Waals surface area contributed by atoms with E-state index >= 15 is 0 Å². The molecule has 2 rings (SSSR count). The number of fused-ring (bicyclic) bond motifs is 1. The summed E-state index contributed by atoms with van der Waals surface area (Å²) in [5.41, 5.74) is 1.23. The van der Waals surface area contributed by atoms with E-state index in [1.54, 1.807) is 20.0 Å². The van der Waals surface area contributed by atoms with Gasteiger partial charge in [0.25, 0.3) is 5.69 Å². The van der Waals surface area contributed by atoms with Crippen molar-refractivity contribution in [1.82, 2.24) is 4.98 Å². The normalized spacial score (nSPS) is 10.3. The van der Waals surface area contributed by atoms with E-state index in [9.17, 15) is 14.9 Å². The summed E-state index contributed by atoms with van der Waals surface area (Å²) >= 11 is 0. The molecule has 20 heavy (non-hydrogen) atoms. The molecule has 0 saturated carbocycles. The van der Waals surface area contributed by atoms with Crippen LogP contribution in [0.1, 0.15) is 17.3 Å². The maximum Gasteiger partial charge on any atom is 0.341 e. The summed E-state index contributed by atoms with van der Waals surface area (Å²) in [6.45, 7) is 1.95. The third kappa shape index (κ3) is 2.37. The highest BCUT2D eigenvalue weighted by atomic mass is 16.6. The van der Waals surface area contributed by atoms with Gasteiger partial charge in [0, 0.05) is 30.8 Å². The smallest absolute Gasteiger partial charge is 0.341 e. The fourth-order valence-corrected chi connectivity index (χ4v) is 1.93. The van der Waals surface area contributed by atoms with Gasteiger partial charge in [0.2, 0.25) is 0 Å². The van der Waals surface area contributed by atoms with Crippen molar-refractivity contribution in [2.45, 2.75) is 6.92 Å². The molecule has 0 spiro atoms. The standard InChI is InChI=1S/C13H13N3O4/c1-3-20-13(17)10-7-15-11-5-4-8(16(18)19)6-9(11)12(10)14-2/h4-7H,3H2,1-2H3,(H,14,15). The first-order valence-corrected chi connectivity index (χ1v) is 6.00. The van der Waals surface area contributed by atoms with Crippen molar-refractivity contribution in [3.63, 3.8) is 0 Å². The lowest BCUT2D eigenvalue weighted by Crippen LogP contribution is -2.09. The minimum atomic E-state index is -0.516. The Morgan fingerprint density at radius 2 is 2.25 bits per heavy atom. The number of carbonyl (C=O) groups excluding carboxylic acids is 1. The average Bonchev–Trinajstić information content (AvgIpc) is 2.45. The van der Waals surface area contributed by atoms with Gasteiger partial charge in [-0.25, -0.2) is 4.79 Å². The van der Waals surface area contributed by atoms with Gasteiger partial charge in [-0.3, -0.25) is 15.1 Å². The molecular weight excluding hydrogens is 262 g/mol. The first kappa shape index (κ1) is 13.7. The van der Waals surface area contributed by atoms with Crippen LogP contribution >= 0.6 is 0 Å². The zero-order valence-electron chi connectivity index (χ0n) is 11.0. The summed E-state index contributed by atoms with van der Waals surface area (Å²) in [6.07, 6.45) is 1.40. The molecule has 7 nitrogen and oxygen atoms in total. The number of carbonyl (C=O) groups is 1. The second-order valence-corrected chi connectivity index (χ2v) is 3.98. The van der Waals surface area contributed by atoms with E-state index in [2.05, 4.69) is 10.3 Å². The highest BCUT2D eigenvalue weighted by Gasteiger charge is 2.17. The van der Waals surface area contributed by atoms with Crippen molar-refractivity contribution >= 4 is 28.2 Å². The van der Waals surface area contributed by atoms with E-state index < -0.39 is 10.9 Å². The first-order valence-electron chi connectivity index (χ1n) is 6.00. The van der Waals surface area contributed by atoms with Gasteiger partial charge in [-0.05, 0) is 13.0 Å². The van der Waals surface area contributed by atoms with E-state index in [0.717, 1.165) is 0 Å². The Bertz CT molecular complexity index is 685. The number of non-ortho nitro benzene ring substituents is 1. The fraction of sp³-hybridized carbons (Fsp3) is 0.231. The minimum absolute atomic E-state index is 0.0585. The average molecular weight is 275 g/mol. The maximum atomic E-state index is 11.9. The van der Waals surface area contributed by atoms with Crippen molar-refractivity contribution in [2.24, 2.45) is 0 Å². The quantitative estimate of drug-likeness (QED) is 0.523. The van der Waals surface area contributed by atoms with E-state index in [4.69, 9.17) is 4.74 Å². The lowest BCUT2D eigenvalue weighted by atomic mass is 10.1. The molecule has 1 N–H and O–H groups in total. The summed E-state index contributed by atoms with van der Waals surface area (Å²) in [4.78, 5) is 26.3. The number of esters is 1. The Morgan fingerprint density at radius 1 is 1.50 bits per heavy atom. The second kappa shape index (κ2) is 5.52. The Morgan fingerprint density at radius 3 is 2.85 bits per heavy atom. The lowest BCUT2D eigenvalue weighted by molar-refractivity contribution is -0.384. The van der Waals surface area contributed by atoms with Crippen LogP contribution in [0.15, 0.2) is 24.4 Å². The Labute approximate surface area is 114 Å². The number of anilines is 1. The first-order chi connectivity index (χ1) is 9.58. The molecule has 1 heterocycles. The molecule has 1 aromatic heterocycles. The number of nitro benzene ring substituents is 1. The molecule has 0 radical (unpaired) electrons. The molecule has 0 saturated heterocycles. The molecule has 0 unspecified atom stereocenters. The van der Waals surface area contributed by atoms with Gasteiger partial charge >= 0.3 is 5.97 Å². The maximum absolute atomic E-state index is 11.9. The van der Waals surface area contributed by atoms with E-state index in [1.165, 1.54) is 18.3 Å². The fourth-order valence-electron chi connectivity index (χ4n) is 1.93. The van der Waals surface area contributed by atoms with Crippen LogP contribution in [-0.4, -0.2) is 29.5 Å². The predicted molar refractivity (Wildman–Crippen MR) is 73.9 cm³/mol. The zero-order valence-corrected chi connectivity index (χ0v) is 11.0. The molecule has 1 aromatic carbocycles. The van der Waals surface area contributed by atoms with Crippen LogP contribution in [0.4, 0.5) is 11.4 Å². The number of hydrogen-bond donors (Lipinski definition) is 1. The second-order valence-electron chi connectivity index (χ2n) is 3.98. The highest BCUT2D eigenvalue weighted by Crippen LogP contribution is 2.29. The van der Waals surface area contributed by atoms with Gasteiger partial charge in [0.05, 0.1) is 22.7 Å². The van der Waals surface area contributed by atoms with Crippen molar-refractivity contribution in [1.29, 1.82) is 0 Å². The molecule has 0 aliphatic rings. The van der Waals surface area contributed by atoms with Crippen molar-refractivity contribution in [3.05, 3.63) is 40.1 Å². The molecule has 7 heteroatoms. The number of benzene rings is 1. The van der Waals surface area contributed by atoms with Crippen LogP contribution in [0.3, 0.4) is 0 Å². The SMILES string of the molecule is CCOC(=O)c1cnc2ccc([N+](=O)[O-])cc2c1NC. The summed E-state index contributed by atoms with van der Waals surface area (Å²) in [5, 5.41) is 14.2. The molecule has 0 aliphatic carbocycles. The number of nitro groups is 1. The van der Waals surface area contributed by atoms with E-state index in [0.29, 0.717) is 16.6 Å². The van der Waals surface area contributed by atoms with Gasteiger partial charge in [-0.2, -0.15) is 0 Å². The van der Waals surface area contributed by atoms with Crippen molar-refractivity contribution in [2.75, 3.05) is 19.0 Å². The van der Waals surface area contributed by atoms with Crippen LogP contribution in [0, 0.1) is 10.1 Å². The largest absolute Gasteiger partial charge is 0.462 e. The lowest BCUT2D eigenvalue weighted by Gasteiger charge is -2.11. The van der Waals surface area contributed by atoms with Crippen LogP contribution in [0.25, 0.3) is 10.9 Å². The molecule has 2 aromatic rings. The third-order valence-corrected chi connectivity index (χ3v) is 2.81. The number of ether oxygens (including phenoxy) is 1. The van der Waals surface area contributed by atoms with Crippen LogP contribution < -0.4 is 5.32 Å². The molecule has 0 amide bonds. The van der Waals surface area contributed by atoms with Gasteiger partial charge in [-0.1, -0.05) is 0 Å². The van der Waals surface area contributed by atoms with Gasteiger partial charge in [0.1, 0.15) is 5.56 Å². The predicted octanol–water partition coefficient (Wildman–Crippen LogP) is 2.36. The van der Waals surface area contributed by atoms with Crippen LogP contribution in [-0.2, 0) is 4.74 Å². The van der Waals surface area contributed by atoms with Gasteiger partial charge in [-0.15, -0.1) is 0 Å². The summed E-state index contributed by atoms with van der Waals surface area (Å²) < 4.78 is 4.94. The zero-order chi connectivity index (χ0) is 14.7. The number of aromatic nitrogens is 1. The van der Waals surface area contributed by atoms with Gasteiger partial charge in [0.15, 0.2) is 0 Å². The van der Waals surface area contributed by atoms with Crippen LogP contribution in [0.5, 0.6) is 0 Å². The highest BCUT2D eigenvalue weighted by molar-refractivity contribution is 6.05. The van der Waals surface area contributed by atoms with E-state index in [-0.39, 0.29) is 17.9 Å². The molecule has 0 aliphatic heterocycles. The third-order valence-electron chi connectivity index (χ3n) is 2.81. The molecule has 104 valence electrons. The number of nitrogens with one attached hydrogen (secondary N) is 1. The molecule has 0 fully saturated rings. The van der Waals surface area contributed by atoms with Gasteiger partial charge < -0.3 is 10.1 Å². The summed E-state index contributed by atoms with van der Waals surface area (Å²) in [6, 6.07) is 4.30. The Hall–Kier alpha value is -2.70. The van der Waals surface area contributed by atoms with Crippen molar-refractivity contribution < 1.29 is 14.5 Å². The number of hydrogen-bond acceptors (Lipinski definition) is 6. The molecule has 0 bridgehead atoms. The number of nitrogens with zero attached hydrogens (tertiary/aromatic N) is 2. The Kier molecular flexibility index (Phi) is 3.79. The number of pyridine rings is 1. The topological polar surface area (TPSA) is 94.4 Å². The summed E-state index contributed by atoms with van der Waals surface area (Å²) in [5.74, 6) is -0.516. The Balaban J connectivity index is 2.67. The number of rotatable bonds is 4. The van der Waals surface area contributed by atoms with Crippen LogP contribution in [0.2, 0.25) is 0 Å². The molecular formula is C13H13N3O4.